The molecule has 144 valence electrons. The van der Waals surface area contributed by atoms with Crippen molar-refractivity contribution < 1.29 is 19.1 Å². The van der Waals surface area contributed by atoms with Gasteiger partial charge in [-0.15, -0.1) is 0 Å². The fraction of sp³-hybridized carbons (Fsp3) is 0.105. The maximum Gasteiger partial charge on any atom is 0.266 e. The molecule has 0 aliphatic heterocycles. The minimum absolute atomic E-state index is 0.121. The van der Waals surface area contributed by atoms with E-state index in [9.17, 15) is 14.9 Å². The van der Waals surface area contributed by atoms with Crippen molar-refractivity contribution in [2.75, 3.05) is 19.0 Å². The lowest BCUT2D eigenvalue weighted by atomic mass is 10.1. The minimum Gasteiger partial charge on any atom is -0.493 e. The van der Waals surface area contributed by atoms with Crippen LogP contribution in [-0.2, 0) is 9.59 Å². The second kappa shape index (κ2) is 9.65. The Kier molecular flexibility index (Phi) is 7.27. The SMILES string of the molecule is COc1cc(/C=C(\C#N)C(=O)Nc2ccccc2Cl)cc(Cl)c1OCC(N)=O. The lowest BCUT2D eigenvalue weighted by molar-refractivity contribution is -0.120. The largest absolute Gasteiger partial charge is 0.493 e. The van der Waals surface area contributed by atoms with Crippen molar-refractivity contribution in [1.29, 1.82) is 5.26 Å². The van der Waals surface area contributed by atoms with Gasteiger partial charge in [-0.3, -0.25) is 9.59 Å². The number of carbonyl (C=O) groups excluding carboxylic acids is 2. The van der Waals surface area contributed by atoms with Crippen LogP contribution < -0.4 is 20.5 Å². The molecule has 28 heavy (non-hydrogen) atoms. The molecule has 0 aliphatic carbocycles. The third-order valence-corrected chi connectivity index (χ3v) is 4.02. The van der Waals surface area contributed by atoms with Gasteiger partial charge < -0.3 is 20.5 Å². The van der Waals surface area contributed by atoms with Crippen molar-refractivity contribution >= 4 is 46.8 Å². The highest BCUT2D eigenvalue weighted by molar-refractivity contribution is 6.34. The van der Waals surface area contributed by atoms with Crippen LogP contribution in [0.4, 0.5) is 5.69 Å². The first kappa shape index (κ1) is 21.1. The van der Waals surface area contributed by atoms with Crippen molar-refractivity contribution in [3.63, 3.8) is 0 Å². The van der Waals surface area contributed by atoms with Gasteiger partial charge in [0.25, 0.3) is 11.8 Å². The summed E-state index contributed by atoms with van der Waals surface area (Å²) in [6, 6.07) is 11.4. The molecule has 0 radical (unpaired) electrons. The zero-order valence-corrected chi connectivity index (χ0v) is 16.2. The predicted molar refractivity (Wildman–Crippen MR) is 106 cm³/mol. The molecule has 0 unspecified atom stereocenters. The summed E-state index contributed by atoms with van der Waals surface area (Å²) in [4.78, 5) is 23.3. The molecule has 0 atom stereocenters. The summed E-state index contributed by atoms with van der Waals surface area (Å²) in [5, 5.41) is 12.4. The number of amides is 2. The van der Waals surface area contributed by atoms with E-state index in [4.69, 9.17) is 38.4 Å². The minimum atomic E-state index is -0.676. The van der Waals surface area contributed by atoms with Crippen LogP contribution in [0.25, 0.3) is 6.08 Å². The summed E-state index contributed by atoms with van der Waals surface area (Å²) in [5.74, 6) is -0.979. The van der Waals surface area contributed by atoms with E-state index in [2.05, 4.69) is 5.32 Å². The van der Waals surface area contributed by atoms with Gasteiger partial charge in [0.05, 0.1) is 22.8 Å². The predicted octanol–water partition coefficient (Wildman–Crippen LogP) is 3.41. The molecule has 0 fully saturated rings. The number of nitrogens with zero attached hydrogens (tertiary/aromatic N) is 1. The molecule has 2 aromatic rings. The van der Waals surface area contributed by atoms with E-state index in [1.807, 2.05) is 6.07 Å². The average Bonchev–Trinajstić information content (AvgIpc) is 2.66. The van der Waals surface area contributed by atoms with Crippen LogP contribution in [0.3, 0.4) is 0 Å². The second-order valence-electron chi connectivity index (χ2n) is 5.39. The lowest BCUT2D eigenvalue weighted by Crippen LogP contribution is -2.20. The van der Waals surface area contributed by atoms with Crippen molar-refractivity contribution in [3.8, 4) is 17.6 Å². The highest BCUT2D eigenvalue weighted by Gasteiger charge is 2.15. The van der Waals surface area contributed by atoms with E-state index in [0.29, 0.717) is 16.3 Å². The molecule has 9 heteroatoms. The van der Waals surface area contributed by atoms with Crippen LogP contribution in [0.5, 0.6) is 11.5 Å². The van der Waals surface area contributed by atoms with Crippen LogP contribution in [0, 0.1) is 11.3 Å². The first-order valence-corrected chi connectivity index (χ1v) is 8.57. The van der Waals surface area contributed by atoms with E-state index >= 15 is 0 Å². The Morgan fingerprint density at radius 3 is 2.57 bits per heavy atom. The molecule has 2 amide bonds. The van der Waals surface area contributed by atoms with Crippen LogP contribution in [-0.4, -0.2) is 25.5 Å². The summed E-state index contributed by atoms with van der Waals surface area (Å²) in [7, 11) is 1.38. The molecule has 2 rings (SSSR count). The van der Waals surface area contributed by atoms with Crippen molar-refractivity contribution in [3.05, 3.63) is 57.6 Å². The summed E-state index contributed by atoms with van der Waals surface area (Å²) >= 11 is 12.2. The van der Waals surface area contributed by atoms with Crippen molar-refractivity contribution in [1.82, 2.24) is 0 Å². The number of primary amides is 1. The quantitative estimate of drug-likeness (QED) is 0.526. The van der Waals surface area contributed by atoms with E-state index in [1.165, 1.54) is 25.3 Å². The molecule has 0 saturated carbocycles. The van der Waals surface area contributed by atoms with Crippen LogP contribution >= 0.6 is 23.2 Å². The molecule has 3 N–H and O–H groups in total. The van der Waals surface area contributed by atoms with Gasteiger partial charge >= 0.3 is 0 Å². The standard InChI is InChI=1S/C19H15Cl2N3O4/c1-27-16-8-11(7-14(21)18(16)28-10-17(23)25)6-12(9-22)19(26)24-15-5-3-2-4-13(15)20/h2-8H,10H2,1H3,(H2,23,25)(H,24,26)/b12-6+. The van der Waals surface area contributed by atoms with Gasteiger partial charge in [0.15, 0.2) is 18.1 Å². The maximum atomic E-state index is 12.4. The monoisotopic (exact) mass is 419 g/mol. The van der Waals surface area contributed by atoms with Gasteiger partial charge in [0.1, 0.15) is 11.6 Å². The number of hydrogen-bond acceptors (Lipinski definition) is 5. The summed E-state index contributed by atoms with van der Waals surface area (Å²) in [6.45, 7) is -0.380. The third-order valence-electron chi connectivity index (χ3n) is 3.41. The third kappa shape index (κ3) is 5.39. The number of ether oxygens (including phenoxy) is 2. The molecule has 2 aromatic carbocycles. The van der Waals surface area contributed by atoms with Crippen LogP contribution in [0.1, 0.15) is 5.56 Å². The van der Waals surface area contributed by atoms with Gasteiger partial charge in [-0.2, -0.15) is 5.26 Å². The highest BCUT2D eigenvalue weighted by Crippen LogP contribution is 2.37. The number of benzene rings is 2. The Labute approximate surface area is 171 Å². The zero-order valence-electron chi connectivity index (χ0n) is 14.7. The summed E-state index contributed by atoms with van der Waals surface area (Å²) in [5.41, 5.74) is 5.67. The Bertz CT molecular complexity index is 984. The van der Waals surface area contributed by atoms with E-state index < -0.39 is 11.8 Å². The number of carbonyl (C=O) groups is 2. The van der Waals surface area contributed by atoms with E-state index in [0.717, 1.165) is 0 Å². The lowest BCUT2D eigenvalue weighted by Gasteiger charge is -2.12. The van der Waals surface area contributed by atoms with Gasteiger partial charge in [0.2, 0.25) is 0 Å². The van der Waals surface area contributed by atoms with Gasteiger partial charge in [-0.1, -0.05) is 35.3 Å². The van der Waals surface area contributed by atoms with Gasteiger partial charge in [-0.05, 0) is 35.9 Å². The molecule has 0 bridgehead atoms. The van der Waals surface area contributed by atoms with Crippen molar-refractivity contribution in [2.24, 2.45) is 5.73 Å². The molecule has 7 nitrogen and oxygen atoms in total. The van der Waals surface area contributed by atoms with E-state index in [-0.39, 0.29) is 28.7 Å². The summed E-state index contributed by atoms with van der Waals surface area (Å²) in [6.07, 6.45) is 1.33. The normalized spacial score (nSPS) is 10.7. The number of nitriles is 1. The molecular formula is C19H15Cl2N3O4. The first-order valence-electron chi connectivity index (χ1n) is 7.82. The fourth-order valence-electron chi connectivity index (χ4n) is 2.17. The number of nitrogens with two attached hydrogens (primary N) is 1. The number of hydrogen-bond donors (Lipinski definition) is 2. The molecule has 0 aliphatic rings. The highest BCUT2D eigenvalue weighted by atomic mass is 35.5. The molecule has 0 saturated heterocycles. The Morgan fingerprint density at radius 2 is 1.96 bits per heavy atom. The number of nitrogens with one attached hydrogen (secondary N) is 1. The molecule has 0 spiro atoms. The second-order valence-corrected chi connectivity index (χ2v) is 6.21. The first-order chi connectivity index (χ1) is 13.3. The maximum absolute atomic E-state index is 12.4. The smallest absolute Gasteiger partial charge is 0.266 e. The van der Waals surface area contributed by atoms with Gasteiger partial charge in [-0.25, -0.2) is 0 Å². The topological polar surface area (TPSA) is 114 Å². The molecule has 0 aromatic heterocycles. The Hall–Kier alpha value is -3.21. The fourth-order valence-corrected chi connectivity index (χ4v) is 2.63. The Morgan fingerprint density at radius 1 is 1.25 bits per heavy atom. The van der Waals surface area contributed by atoms with Crippen molar-refractivity contribution in [2.45, 2.75) is 0 Å². The zero-order chi connectivity index (χ0) is 20.7. The number of anilines is 1. The Balaban J connectivity index is 2.32. The van der Waals surface area contributed by atoms with Crippen LogP contribution in [0.15, 0.2) is 42.0 Å². The number of halogens is 2. The number of methoxy groups -OCH3 is 1. The summed E-state index contributed by atoms with van der Waals surface area (Å²) < 4.78 is 10.4. The van der Waals surface area contributed by atoms with Crippen LogP contribution in [0.2, 0.25) is 10.0 Å². The average molecular weight is 420 g/mol. The van der Waals surface area contributed by atoms with Gasteiger partial charge in [0, 0.05) is 0 Å². The molecular weight excluding hydrogens is 405 g/mol. The molecule has 0 heterocycles. The van der Waals surface area contributed by atoms with E-state index in [1.54, 1.807) is 24.3 Å². The number of para-hydroxylation sites is 1. The number of rotatable bonds is 7.